The topological polar surface area (TPSA) is 72.9 Å². The first-order valence-electron chi connectivity index (χ1n) is 7.60. The molecular formula is C15H28N4O. The van der Waals surface area contributed by atoms with Gasteiger partial charge in [0.2, 0.25) is 0 Å². The van der Waals surface area contributed by atoms with Crippen LogP contribution in [0.1, 0.15) is 61.3 Å². The molecule has 114 valence electrons. The summed E-state index contributed by atoms with van der Waals surface area (Å²) in [6.45, 7) is 9.40. The lowest BCUT2D eigenvalue weighted by atomic mass is 10.1. The average molecular weight is 280 g/mol. The van der Waals surface area contributed by atoms with Gasteiger partial charge in [-0.1, -0.05) is 26.7 Å². The van der Waals surface area contributed by atoms with Gasteiger partial charge in [0.25, 0.3) is 5.91 Å². The Morgan fingerprint density at radius 1 is 1.35 bits per heavy atom. The number of nitrogens with two attached hydrogens (primary N) is 1. The molecule has 0 radical (unpaired) electrons. The van der Waals surface area contributed by atoms with Crippen molar-refractivity contribution >= 4 is 5.91 Å². The Hall–Kier alpha value is -1.36. The maximum atomic E-state index is 12.4. The normalized spacial score (nSPS) is 12.4. The summed E-state index contributed by atoms with van der Waals surface area (Å²) in [7, 11) is 0. The van der Waals surface area contributed by atoms with Crippen LogP contribution in [0.4, 0.5) is 0 Å². The van der Waals surface area contributed by atoms with E-state index >= 15 is 0 Å². The standard InChI is InChI=1S/C15H28N4O/c1-5-7-8-13(10-16)17-15(20)14-11(3)18-19(9-6-2)12(14)4/h13H,5-10,16H2,1-4H3,(H,17,20). The van der Waals surface area contributed by atoms with Crippen molar-refractivity contribution in [1.29, 1.82) is 0 Å². The van der Waals surface area contributed by atoms with Crippen LogP contribution >= 0.6 is 0 Å². The molecule has 1 unspecified atom stereocenters. The molecule has 20 heavy (non-hydrogen) atoms. The van der Waals surface area contributed by atoms with E-state index in [1.165, 1.54) is 0 Å². The van der Waals surface area contributed by atoms with Crippen LogP contribution in [0.3, 0.4) is 0 Å². The molecule has 0 saturated heterocycles. The Morgan fingerprint density at radius 3 is 2.60 bits per heavy atom. The molecule has 0 aliphatic carbocycles. The number of carbonyl (C=O) groups is 1. The Morgan fingerprint density at radius 2 is 2.05 bits per heavy atom. The lowest BCUT2D eigenvalue weighted by molar-refractivity contribution is 0.0934. The molecule has 0 fully saturated rings. The van der Waals surface area contributed by atoms with Crippen LogP contribution in [0, 0.1) is 13.8 Å². The second kappa shape index (κ2) is 8.04. The SMILES string of the molecule is CCCCC(CN)NC(=O)c1c(C)nn(CCC)c1C. The zero-order chi connectivity index (χ0) is 15.1. The molecule has 1 aromatic heterocycles. The van der Waals surface area contributed by atoms with E-state index in [1.807, 2.05) is 18.5 Å². The summed E-state index contributed by atoms with van der Waals surface area (Å²) in [5, 5.41) is 7.48. The third kappa shape index (κ3) is 4.07. The van der Waals surface area contributed by atoms with E-state index in [2.05, 4.69) is 24.3 Å². The highest BCUT2D eigenvalue weighted by atomic mass is 16.1. The molecule has 3 N–H and O–H groups in total. The number of amides is 1. The first kappa shape index (κ1) is 16.7. The van der Waals surface area contributed by atoms with Crippen molar-refractivity contribution in [3.8, 4) is 0 Å². The van der Waals surface area contributed by atoms with Crippen LogP contribution in [-0.2, 0) is 6.54 Å². The van der Waals surface area contributed by atoms with E-state index in [-0.39, 0.29) is 11.9 Å². The van der Waals surface area contributed by atoms with Crippen molar-refractivity contribution < 1.29 is 4.79 Å². The van der Waals surface area contributed by atoms with Gasteiger partial charge in [0.05, 0.1) is 11.3 Å². The molecule has 0 saturated carbocycles. The second-order valence-electron chi connectivity index (χ2n) is 5.32. The van der Waals surface area contributed by atoms with E-state index in [1.54, 1.807) is 0 Å². The van der Waals surface area contributed by atoms with Gasteiger partial charge in [-0.2, -0.15) is 5.10 Å². The van der Waals surface area contributed by atoms with E-state index in [0.717, 1.165) is 43.6 Å². The smallest absolute Gasteiger partial charge is 0.255 e. The summed E-state index contributed by atoms with van der Waals surface area (Å²) < 4.78 is 1.91. The number of aryl methyl sites for hydroxylation is 2. The number of nitrogens with zero attached hydrogens (tertiary/aromatic N) is 2. The van der Waals surface area contributed by atoms with Crippen molar-refractivity contribution in [2.75, 3.05) is 6.54 Å². The van der Waals surface area contributed by atoms with Crippen molar-refractivity contribution in [1.82, 2.24) is 15.1 Å². The maximum Gasteiger partial charge on any atom is 0.255 e. The van der Waals surface area contributed by atoms with Crippen molar-refractivity contribution in [2.24, 2.45) is 5.73 Å². The van der Waals surface area contributed by atoms with Crippen molar-refractivity contribution in [3.05, 3.63) is 17.0 Å². The van der Waals surface area contributed by atoms with Crippen LogP contribution in [0.5, 0.6) is 0 Å². The van der Waals surface area contributed by atoms with Crippen LogP contribution in [0.25, 0.3) is 0 Å². The zero-order valence-corrected chi connectivity index (χ0v) is 13.2. The summed E-state index contributed by atoms with van der Waals surface area (Å²) in [4.78, 5) is 12.4. The summed E-state index contributed by atoms with van der Waals surface area (Å²) in [5.74, 6) is -0.0473. The summed E-state index contributed by atoms with van der Waals surface area (Å²) in [6, 6.07) is 0.0516. The first-order valence-corrected chi connectivity index (χ1v) is 7.60. The molecule has 1 aromatic rings. The third-order valence-corrected chi connectivity index (χ3v) is 3.57. The molecule has 0 bridgehead atoms. The van der Waals surface area contributed by atoms with E-state index in [4.69, 9.17) is 5.73 Å². The summed E-state index contributed by atoms with van der Waals surface area (Å²) in [5.41, 5.74) is 8.17. The predicted molar refractivity (Wildman–Crippen MR) is 81.8 cm³/mol. The number of hydrogen-bond donors (Lipinski definition) is 2. The minimum Gasteiger partial charge on any atom is -0.348 e. The number of unbranched alkanes of at least 4 members (excludes halogenated alkanes) is 1. The summed E-state index contributed by atoms with van der Waals surface area (Å²) in [6.07, 6.45) is 4.12. The van der Waals surface area contributed by atoms with Gasteiger partial charge in [0.1, 0.15) is 0 Å². The molecule has 5 heteroatoms. The monoisotopic (exact) mass is 280 g/mol. The third-order valence-electron chi connectivity index (χ3n) is 3.57. The lowest BCUT2D eigenvalue weighted by Gasteiger charge is -2.16. The van der Waals surface area contributed by atoms with Gasteiger partial charge in [0.15, 0.2) is 0 Å². The fourth-order valence-electron chi connectivity index (χ4n) is 2.41. The van der Waals surface area contributed by atoms with Gasteiger partial charge in [-0.05, 0) is 26.7 Å². The Labute approximate surface area is 121 Å². The second-order valence-corrected chi connectivity index (χ2v) is 5.32. The fourth-order valence-corrected chi connectivity index (χ4v) is 2.41. The Balaban J connectivity index is 2.81. The molecule has 0 aliphatic heterocycles. The van der Waals surface area contributed by atoms with Gasteiger partial charge < -0.3 is 11.1 Å². The minimum absolute atomic E-state index is 0.0473. The quantitative estimate of drug-likeness (QED) is 0.766. The zero-order valence-electron chi connectivity index (χ0n) is 13.2. The minimum atomic E-state index is -0.0473. The van der Waals surface area contributed by atoms with Gasteiger partial charge in [0, 0.05) is 24.8 Å². The Kier molecular flexibility index (Phi) is 6.71. The van der Waals surface area contributed by atoms with E-state index in [0.29, 0.717) is 12.1 Å². The van der Waals surface area contributed by atoms with Crippen LogP contribution in [0.15, 0.2) is 0 Å². The van der Waals surface area contributed by atoms with Gasteiger partial charge in [-0.3, -0.25) is 9.48 Å². The van der Waals surface area contributed by atoms with E-state index < -0.39 is 0 Å². The number of carbonyl (C=O) groups excluding carboxylic acids is 1. The number of rotatable bonds is 8. The Bertz CT molecular complexity index is 439. The maximum absolute atomic E-state index is 12.4. The number of nitrogens with one attached hydrogen (secondary N) is 1. The molecule has 1 heterocycles. The van der Waals surface area contributed by atoms with Crippen LogP contribution in [0.2, 0.25) is 0 Å². The molecule has 1 amide bonds. The lowest BCUT2D eigenvalue weighted by Crippen LogP contribution is -2.40. The van der Waals surface area contributed by atoms with Gasteiger partial charge in [-0.25, -0.2) is 0 Å². The van der Waals surface area contributed by atoms with Crippen molar-refractivity contribution in [2.45, 2.75) is 66.0 Å². The molecule has 0 aliphatic rings. The van der Waals surface area contributed by atoms with Crippen LogP contribution < -0.4 is 11.1 Å². The molecule has 1 atom stereocenters. The fraction of sp³-hybridized carbons (Fsp3) is 0.733. The highest BCUT2D eigenvalue weighted by Crippen LogP contribution is 2.14. The largest absolute Gasteiger partial charge is 0.348 e. The predicted octanol–water partition coefficient (Wildman–Crippen LogP) is 2.16. The molecule has 5 nitrogen and oxygen atoms in total. The highest BCUT2D eigenvalue weighted by molar-refractivity contribution is 5.96. The van der Waals surface area contributed by atoms with Crippen molar-refractivity contribution in [3.63, 3.8) is 0 Å². The highest BCUT2D eigenvalue weighted by Gasteiger charge is 2.20. The average Bonchev–Trinajstić information content (AvgIpc) is 2.69. The molecule has 0 spiro atoms. The number of aromatic nitrogens is 2. The number of hydrogen-bond acceptors (Lipinski definition) is 3. The molecular weight excluding hydrogens is 252 g/mol. The molecule has 0 aromatic carbocycles. The molecule has 1 rings (SSSR count). The van der Waals surface area contributed by atoms with Gasteiger partial charge in [-0.15, -0.1) is 0 Å². The summed E-state index contributed by atoms with van der Waals surface area (Å²) >= 11 is 0. The first-order chi connectivity index (χ1) is 9.54. The van der Waals surface area contributed by atoms with Gasteiger partial charge >= 0.3 is 0 Å². The van der Waals surface area contributed by atoms with E-state index in [9.17, 15) is 4.79 Å². The van der Waals surface area contributed by atoms with Crippen LogP contribution in [-0.4, -0.2) is 28.3 Å².